The van der Waals surface area contributed by atoms with Crippen molar-refractivity contribution in [2.45, 2.75) is 11.8 Å². The highest BCUT2D eigenvalue weighted by Gasteiger charge is 2.13. The summed E-state index contributed by atoms with van der Waals surface area (Å²) in [6.07, 6.45) is 0. The van der Waals surface area contributed by atoms with Gasteiger partial charge in [0.05, 0.1) is 0 Å². The third-order valence-corrected chi connectivity index (χ3v) is 5.88. The van der Waals surface area contributed by atoms with Gasteiger partial charge in [-0.05, 0) is 17.7 Å². The maximum Gasteiger partial charge on any atom is 0.0361 e. The van der Waals surface area contributed by atoms with E-state index in [-0.39, 0.29) is 0 Å². The predicted octanol–water partition coefficient (Wildman–Crippen LogP) is 2.69. The van der Waals surface area contributed by atoms with Crippen LogP contribution in [0.4, 0.5) is 5.69 Å². The molecule has 0 bridgehead atoms. The third-order valence-electron chi connectivity index (χ3n) is 3.04. The summed E-state index contributed by atoms with van der Waals surface area (Å²) in [5.74, 6) is 3.94. The lowest BCUT2D eigenvalue weighted by Crippen LogP contribution is -2.28. The third kappa shape index (κ3) is 4.41. The van der Waals surface area contributed by atoms with E-state index in [9.17, 15) is 0 Å². The summed E-state index contributed by atoms with van der Waals surface area (Å²) >= 11 is 4.20. The second kappa shape index (κ2) is 7.31. The normalized spacial score (nSPS) is 19.8. The van der Waals surface area contributed by atoms with E-state index >= 15 is 0 Å². The lowest BCUT2D eigenvalue weighted by molar-refractivity contribution is 0.686. The predicted molar refractivity (Wildman–Crippen MR) is 86.0 cm³/mol. The summed E-state index contributed by atoms with van der Waals surface area (Å²) in [5, 5.41) is 4.37. The van der Waals surface area contributed by atoms with Crippen LogP contribution in [0.15, 0.2) is 24.3 Å². The van der Waals surface area contributed by atoms with Gasteiger partial charge in [0, 0.05) is 55.4 Å². The second-order valence-corrected chi connectivity index (χ2v) is 7.32. The molecule has 1 N–H and O–H groups in total. The molecule has 18 heavy (non-hydrogen) atoms. The summed E-state index contributed by atoms with van der Waals surface area (Å²) in [4.78, 5) is 2.13. The van der Waals surface area contributed by atoms with Gasteiger partial charge in [0.15, 0.2) is 0 Å². The summed E-state index contributed by atoms with van der Waals surface area (Å²) < 4.78 is 0. The highest BCUT2D eigenvalue weighted by atomic mass is 32.2. The van der Waals surface area contributed by atoms with E-state index in [0.29, 0.717) is 0 Å². The van der Waals surface area contributed by atoms with Crippen molar-refractivity contribution >= 4 is 29.2 Å². The molecular formula is C14H22N2S2. The number of anilines is 1. The highest BCUT2D eigenvalue weighted by Crippen LogP contribution is 2.23. The molecule has 0 amide bonds. The van der Waals surface area contributed by atoms with Crippen LogP contribution in [0.3, 0.4) is 0 Å². The number of rotatable bonds is 5. The molecule has 2 rings (SSSR count). The lowest BCUT2D eigenvalue weighted by Gasteiger charge is -2.21. The van der Waals surface area contributed by atoms with E-state index < -0.39 is 0 Å². The quantitative estimate of drug-likeness (QED) is 0.893. The van der Waals surface area contributed by atoms with Gasteiger partial charge >= 0.3 is 0 Å². The number of nitrogens with zero attached hydrogens (tertiary/aromatic N) is 1. The summed E-state index contributed by atoms with van der Waals surface area (Å²) in [6, 6.07) is 8.79. The van der Waals surface area contributed by atoms with Crippen molar-refractivity contribution in [1.82, 2.24) is 5.32 Å². The van der Waals surface area contributed by atoms with E-state index in [0.717, 1.165) is 18.3 Å². The van der Waals surface area contributed by atoms with Gasteiger partial charge < -0.3 is 10.2 Å². The maximum atomic E-state index is 3.57. The van der Waals surface area contributed by atoms with Gasteiger partial charge in [-0.3, -0.25) is 0 Å². The van der Waals surface area contributed by atoms with Crippen LogP contribution in [0.5, 0.6) is 0 Å². The van der Waals surface area contributed by atoms with Crippen LogP contribution in [0.2, 0.25) is 0 Å². The van der Waals surface area contributed by atoms with Crippen LogP contribution in [0, 0.1) is 0 Å². The van der Waals surface area contributed by atoms with Gasteiger partial charge in [-0.1, -0.05) is 12.1 Å². The van der Waals surface area contributed by atoms with Crippen molar-refractivity contribution < 1.29 is 0 Å². The van der Waals surface area contributed by atoms with E-state index in [1.807, 2.05) is 0 Å². The van der Waals surface area contributed by atoms with Gasteiger partial charge in [-0.15, -0.1) is 0 Å². The van der Waals surface area contributed by atoms with Gasteiger partial charge in [-0.25, -0.2) is 0 Å². The second-order valence-electron chi connectivity index (χ2n) is 4.76. The van der Waals surface area contributed by atoms with Crippen LogP contribution < -0.4 is 10.2 Å². The molecule has 0 aliphatic carbocycles. The van der Waals surface area contributed by atoms with Crippen molar-refractivity contribution in [3.05, 3.63) is 29.8 Å². The molecule has 1 unspecified atom stereocenters. The average molecular weight is 282 g/mol. The molecule has 1 aromatic rings. The smallest absolute Gasteiger partial charge is 0.0361 e. The van der Waals surface area contributed by atoms with Crippen molar-refractivity contribution in [1.29, 1.82) is 0 Å². The Labute approximate surface area is 119 Å². The number of hydrogen-bond donors (Lipinski definition) is 1. The number of nitrogens with one attached hydrogen (secondary N) is 1. The van der Waals surface area contributed by atoms with Gasteiger partial charge in [0.2, 0.25) is 0 Å². The highest BCUT2D eigenvalue weighted by molar-refractivity contribution is 8.06. The zero-order chi connectivity index (χ0) is 12.8. The van der Waals surface area contributed by atoms with E-state index in [2.05, 4.69) is 72.1 Å². The Balaban J connectivity index is 1.72. The van der Waals surface area contributed by atoms with Crippen LogP contribution in [-0.2, 0) is 6.54 Å². The number of benzene rings is 1. The first-order valence-electron chi connectivity index (χ1n) is 6.42. The van der Waals surface area contributed by atoms with E-state index in [1.165, 1.54) is 28.5 Å². The first kappa shape index (κ1) is 14.1. The molecule has 0 saturated carbocycles. The Morgan fingerprint density at radius 1 is 1.22 bits per heavy atom. The Morgan fingerprint density at radius 2 is 2.00 bits per heavy atom. The van der Waals surface area contributed by atoms with Gasteiger partial charge in [0.25, 0.3) is 0 Å². The Morgan fingerprint density at radius 3 is 2.61 bits per heavy atom. The summed E-state index contributed by atoms with van der Waals surface area (Å²) in [6.45, 7) is 2.11. The minimum Gasteiger partial charge on any atom is -0.378 e. The molecule has 4 heteroatoms. The molecule has 1 fully saturated rings. The molecule has 2 nitrogen and oxygen atoms in total. The number of hydrogen-bond acceptors (Lipinski definition) is 4. The summed E-state index contributed by atoms with van der Waals surface area (Å²) in [7, 11) is 4.15. The largest absolute Gasteiger partial charge is 0.378 e. The molecule has 1 atom stereocenters. The van der Waals surface area contributed by atoms with Crippen molar-refractivity contribution in [2.24, 2.45) is 0 Å². The lowest BCUT2D eigenvalue weighted by atomic mass is 10.2. The Bertz CT molecular complexity index is 345. The topological polar surface area (TPSA) is 15.3 Å². The first-order valence-corrected chi connectivity index (χ1v) is 8.62. The molecular weight excluding hydrogens is 260 g/mol. The minimum atomic E-state index is 0.796. The zero-order valence-corrected chi connectivity index (χ0v) is 12.8. The molecule has 0 spiro atoms. The standard InChI is InChI=1S/C14H22N2S2/c1-16(2)13-5-3-12(4-6-13)9-15-10-14-11-17-7-8-18-14/h3-6,14-15H,7-11H2,1-2H3. The van der Waals surface area contributed by atoms with E-state index in [1.54, 1.807) is 0 Å². The fraction of sp³-hybridized carbons (Fsp3) is 0.571. The minimum absolute atomic E-state index is 0.796. The molecule has 1 heterocycles. The number of thioether (sulfide) groups is 2. The molecule has 0 aromatic heterocycles. The van der Waals surface area contributed by atoms with E-state index in [4.69, 9.17) is 0 Å². The molecule has 0 radical (unpaired) electrons. The molecule has 1 aromatic carbocycles. The zero-order valence-electron chi connectivity index (χ0n) is 11.2. The molecule has 1 aliphatic rings. The Hall–Kier alpha value is -0.320. The van der Waals surface area contributed by atoms with Crippen LogP contribution >= 0.6 is 23.5 Å². The van der Waals surface area contributed by atoms with Crippen molar-refractivity contribution in [3.63, 3.8) is 0 Å². The van der Waals surface area contributed by atoms with Gasteiger partial charge in [0.1, 0.15) is 0 Å². The maximum absolute atomic E-state index is 3.57. The Kier molecular flexibility index (Phi) is 5.73. The van der Waals surface area contributed by atoms with Crippen LogP contribution in [0.25, 0.3) is 0 Å². The van der Waals surface area contributed by atoms with Crippen LogP contribution in [0.1, 0.15) is 5.56 Å². The average Bonchev–Trinajstić information content (AvgIpc) is 2.40. The summed E-state index contributed by atoms with van der Waals surface area (Å²) in [5.41, 5.74) is 2.63. The van der Waals surface area contributed by atoms with Crippen molar-refractivity contribution in [2.75, 3.05) is 42.8 Å². The first-order chi connectivity index (χ1) is 8.75. The SMILES string of the molecule is CN(C)c1ccc(CNCC2CSCCS2)cc1. The van der Waals surface area contributed by atoms with Crippen LogP contribution in [-0.4, -0.2) is 43.1 Å². The molecule has 1 aliphatic heterocycles. The monoisotopic (exact) mass is 282 g/mol. The van der Waals surface area contributed by atoms with Crippen molar-refractivity contribution in [3.8, 4) is 0 Å². The van der Waals surface area contributed by atoms with Gasteiger partial charge in [-0.2, -0.15) is 23.5 Å². The molecule has 100 valence electrons. The fourth-order valence-corrected chi connectivity index (χ4v) is 4.59. The molecule has 1 saturated heterocycles. The fourth-order valence-electron chi connectivity index (χ4n) is 1.94.